The first-order chi connectivity index (χ1) is 8.04. The van der Waals surface area contributed by atoms with Crippen LogP contribution in [0.15, 0.2) is 6.07 Å². The van der Waals surface area contributed by atoms with E-state index in [9.17, 15) is 0 Å². The van der Waals surface area contributed by atoms with Gasteiger partial charge in [0.05, 0.1) is 24.9 Å². The molecule has 0 heterocycles. The van der Waals surface area contributed by atoms with Crippen LogP contribution >= 0.6 is 22.6 Å². The molecule has 0 unspecified atom stereocenters. The van der Waals surface area contributed by atoms with E-state index in [2.05, 4.69) is 22.6 Å². The molecule has 2 N–H and O–H groups in total. The molecule has 5 heteroatoms. The van der Waals surface area contributed by atoms with E-state index in [1.54, 1.807) is 21.3 Å². The molecule has 1 aromatic carbocycles. The van der Waals surface area contributed by atoms with Crippen molar-refractivity contribution in [3.8, 4) is 17.2 Å². The predicted octanol–water partition coefficient (Wildman–Crippen LogP) is 2.21. The van der Waals surface area contributed by atoms with Crippen molar-refractivity contribution in [2.75, 3.05) is 21.3 Å². The van der Waals surface area contributed by atoms with Crippen LogP contribution in [0.2, 0.25) is 0 Å². The third kappa shape index (κ3) is 3.16. The fraction of sp³-hybridized carbons (Fsp3) is 0.500. The van der Waals surface area contributed by atoms with Gasteiger partial charge in [0.15, 0.2) is 11.5 Å². The summed E-state index contributed by atoms with van der Waals surface area (Å²) in [6.45, 7) is 1.97. The minimum atomic E-state index is 0.0892. The number of ether oxygens (including phenoxy) is 3. The predicted molar refractivity (Wildman–Crippen MR) is 76.2 cm³/mol. The van der Waals surface area contributed by atoms with Crippen molar-refractivity contribution in [3.63, 3.8) is 0 Å². The van der Waals surface area contributed by atoms with Crippen LogP contribution in [0, 0.1) is 3.57 Å². The number of hydrogen-bond acceptors (Lipinski definition) is 4. The highest BCUT2D eigenvalue weighted by Gasteiger charge is 2.19. The normalized spacial score (nSPS) is 12.1. The molecule has 0 radical (unpaired) electrons. The largest absolute Gasteiger partial charge is 0.493 e. The van der Waals surface area contributed by atoms with Crippen LogP contribution in [-0.2, 0) is 6.42 Å². The molecule has 0 aromatic heterocycles. The summed E-state index contributed by atoms with van der Waals surface area (Å²) in [6.07, 6.45) is 0.773. The third-order valence-corrected chi connectivity index (χ3v) is 3.57. The Morgan fingerprint density at radius 3 is 2.18 bits per heavy atom. The molecule has 1 rings (SSSR count). The van der Waals surface area contributed by atoms with Gasteiger partial charge < -0.3 is 19.9 Å². The first-order valence-electron chi connectivity index (χ1n) is 5.28. The second-order valence-corrected chi connectivity index (χ2v) is 4.88. The van der Waals surface area contributed by atoms with E-state index in [4.69, 9.17) is 19.9 Å². The highest BCUT2D eigenvalue weighted by molar-refractivity contribution is 14.1. The summed E-state index contributed by atoms with van der Waals surface area (Å²) in [5.74, 6) is 1.98. The van der Waals surface area contributed by atoms with Crippen LogP contribution in [0.1, 0.15) is 12.5 Å². The van der Waals surface area contributed by atoms with Gasteiger partial charge in [0.1, 0.15) is 0 Å². The maximum atomic E-state index is 5.83. The van der Waals surface area contributed by atoms with Crippen molar-refractivity contribution in [1.82, 2.24) is 0 Å². The Hall–Kier alpha value is -0.690. The van der Waals surface area contributed by atoms with Crippen LogP contribution in [0.3, 0.4) is 0 Å². The van der Waals surface area contributed by atoms with Crippen LogP contribution in [0.25, 0.3) is 0 Å². The summed E-state index contributed by atoms with van der Waals surface area (Å²) in [5, 5.41) is 0. The smallest absolute Gasteiger partial charge is 0.204 e. The topological polar surface area (TPSA) is 53.7 Å². The Morgan fingerprint density at radius 2 is 1.76 bits per heavy atom. The summed E-state index contributed by atoms with van der Waals surface area (Å²) in [6, 6.07) is 2.04. The van der Waals surface area contributed by atoms with Crippen LogP contribution in [-0.4, -0.2) is 27.4 Å². The summed E-state index contributed by atoms with van der Waals surface area (Å²) >= 11 is 2.24. The molecule has 0 aliphatic rings. The van der Waals surface area contributed by atoms with Gasteiger partial charge in [-0.25, -0.2) is 0 Å². The van der Waals surface area contributed by atoms with Crippen molar-refractivity contribution >= 4 is 22.6 Å². The summed E-state index contributed by atoms with van der Waals surface area (Å²) in [5.41, 5.74) is 6.94. The third-order valence-electron chi connectivity index (χ3n) is 2.39. The van der Waals surface area contributed by atoms with Gasteiger partial charge >= 0.3 is 0 Å². The number of halogens is 1. The maximum absolute atomic E-state index is 5.83. The Kier molecular flexibility index (Phi) is 5.32. The Labute approximate surface area is 116 Å². The minimum Gasteiger partial charge on any atom is -0.493 e. The van der Waals surface area contributed by atoms with Gasteiger partial charge in [-0.05, 0) is 47.6 Å². The lowest BCUT2D eigenvalue weighted by Gasteiger charge is -2.17. The number of methoxy groups -OCH3 is 3. The molecule has 4 nitrogen and oxygen atoms in total. The average Bonchev–Trinajstić information content (AvgIpc) is 2.30. The molecular weight excluding hydrogens is 333 g/mol. The van der Waals surface area contributed by atoms with Crippen LogP contribution in [0.5, 0.6) is 17.2 Å². The van der Waals surface area contributed by atoms with Crippen molar-refractivity contribution in [2.24, 2.45) is 5.73 Å². The molecule has 1 aromatic rings. The molecular formula is C12H18INO3. The van der Waals surface area contributed by atoms with Gasteiger partial charge in [0.2, 0.25) is 5.75 Å². The lowest BCUT2D eigenvalue weighted by molar-refractivity contribution is 0.322. The standard InChI is InChI=1S/C12H18INO3/c1-7(14)5-8-6-9(15-2)11(16-3)12(17-4)10(8)13/h6-7H,5,14H2,1-4H3/t7-/m0/s1. The van der Waals surface area contributed by atoms with Gasteiger partial charge in [-0.3, -0.25) is 0 Å². The van der Waals surface area contributed by atoms with Gasteiger partial charge in [0.25, 0.3) is 0 Å². The highest BCUT2D eigenvalue weighted by atomic mass is 127. The Bertz CT molecular complexity index is 394. The quantitative estimate of drug-likeness (QED) is 0.827. The maximum Gasteiger partial charge on any atom is 0.204 e. The van der Waals surface area contributed by atoms with E-state index >= 15 is 0 Å². The van der Waals surface area contributed by atoms with Gasteiger partial charge in [-0.2, -0.15) is 0 Å². The van der Waals surface area contributed by atoms with E-state index in [0.29, 0.717) is 17.2 Å². The molecule has 0 aliphatic carbocycles. The molecule has 0 amide bonds. The van der Waals surface area contributed by atoms with Gasteiger partial charge in [0, 0.05) is 6.04 Å². The van der Waals surface area contributed by atoms with E-state index in [1.807, 2.05) is 13.0 Å². The molecule has 96 valence electrons. The zero-order valence-electron chi connectivity index (χ0n) is 10.5. The summed E-state index contributed by atoms with van der Waals surface area (Å²) in [4.78, 5) is 0. The lowest BCUT2D eigenvalue weighted by Crippen LogP contribution is -2.18. The number of nitrogens with two attached hydrogens (primary N) is 1. The molecule has 0 aliphatic heterocycles. The Morgan fingerprint density at radius 1 is 1.18 bits per heavy atom. The molecule has 0 spiro atoms. The molecule has 0 saturated heterocycles. The van der Waals surface area contributed by atoms with Crippen molar-refractivity contribution in [2.45, 2.75) is 19.4 Å². The van der Waals surface area contributed by atoms with E-state index < -0.39 is 0 Å². The van der Waals surface area contributed by atoms with Crippen molar-refractivity contribution in [1.29, 1.82) is 0 Å². The first kappa shape index (κ1) is 14.4. The second-order valence-electron chi connectivity index (χ2n) is 3.80. The lowest BCUT2D eigenvalue weighted by atomic mass is 10.1. The first-order valence-corrected chi connectivity index (χ1v) is 6.35. The van der Waals surface area contributed by atoms with Gasteiger partial charge in [-0.1, -0.05) is 0 Å². The summed E-state index contributed by atoms with van der Waals surface area (Å²) < 4.78 is 17.0. The van der Waals surface area contributed by atoms with Crippen molar-refractivity contribution < 1.29 is 14.2 Å². The molecule has 17 heavy (non-hydrogen) atoms. The number of rotatable bonds is 5. The van der Waals surface area contributed by atoms with E-state index in [0.717, 1.165) is 15.6 Å². The van der Waals surface area contributed by atoms with Crippen LogP contribution < -0.4 is 19.9 Å². The van der Waals surface area contributed by atoms with E-state index in [1.165, 1.54) is 0 Å². The minimum absolute atomic E-state index is 0.0892. The number of benzene rings is 1. The highest BCUT2D eigenvalue weighted by Crippen LogP contribution is 2.42. The average molecular weight is 351 g/mol. The molecule has 0 saturated carbocycles. The van der Waals surface area contributed by atoms with Crippen molar-refractivity contribution in [3.05, 3.63) is 15.2 Å². The SMILES string of the molecule is COc1cc(C[C@H](C)N)c(I)c(OC)c1OC. The molecule has 0 bridgehead atoms. The Balaban J connectivity index is 3.34. The zero-order chi connectivity index (χ0) is 13.0. The number of hydrogen-bond donors (Lipinski definition) is 1. The van der Waals surface area contributed by atoms with E-state index in [-0.39, 0.29) is 6.04 Å². The molecule has 0 fully saturated rings. The molecule has 1 atom stereocenters. The van der Waals surface area contributed by atoms with Gasteiger partial charge in [-0.15, -0.1) is 0 Å². The fourth-order valence-electron chi connectivity index (χ4n) is 1.67. The fourth-order valence-corrected chi connectivity index (χ4v) is 2.51. The summed E-state index contributed by atoms with van der Waals surface area (Å²) in [7, 11) is 4.83. The second kappa shape index (κ2) is 6.30. The van der Waals surface area contributed by atoms with Crippen LogP contribution in [0.4, 0.5) is 0 Å². The zero-order valence-corrected chi connectivity index (χ0v) is 12.7. The monoisotopic (exact) mass is 351 g/mol.